The van der Waals surface area contributed by atoms with E-state index in [1.165, 1.54) is 6.08 Å². The highest BCUT2D eigenvalue weighted by molar-refractivity contribution is 6.24. The van der Waals surface area contributed by atoms with Gasteiger partial charge < -0.3 is 10.1 Å². The third kappa shape index (κ3) is 2.63. The van der Waals surface area contributed by atoms with Crippen LogP contribution in [0.3, 0.4) is 0 Å². The van der Waals surface area contributed by atoms with Gasteiger partial charge in [0.2, 0.25) is 5.78 Å². The highest BCUT2D eigenvalue weighted by atomic mass is 16.5. The van der Waals surface area contributed by atoms with E-state index in [4.69, 9.17) is 4.74 Å². The van der Waals surface area contributed by atoms with Crippen LogP contribution >= 0.6 is 0 Å². The summed E-state index contributed by atoms with van der Waals surface area (Å²) in [5, 5.41) is 3.05. The van der Waals surface area contributed by atoms with E-state index in [9.17, 15) is 9.59 Å². The number of hydrogen-bond donors (Lipinski definition) is 1. The van der Waals surface area contributed by atoms with E-state index in [-0.39, 0.29) is 11.6 Å². The van der Waals surface area contributed by atoms with Crippen molar-refractivity contribution in [3.8, 4) is 5.75 Å². The number of methoxy groups -OCH3 is 1. The van der Waals surface area contributed by atoms with Crippen LogP contribution in [0.4, 0.5) is 0 Å². The van der Waals surface area contributed by atoms with Crippen LogP contribution in [0.5, 0.6) is 5.75 Å². The second kappa shape index (κ2) is 5.85. The van der Waals surface area contributed by atoms with Gasteiger partial charge in [0.05, 0.1) is 12.8 Å². The summed E-state index contributed by atoms with van der Waals surface area (Å²) >= 11 is 0. The fourth-order valence-corrected chi connectivity index (χ4v) is 2.39. The minimum Gasteiger partial charge on any atom is -0.497 e. The summed E-state index contributed by atoms with van der Waals surface area (Å²) in [6.45, 7) is 0.469. The molecule has 0 aliphatic heterocycles. The van der Waals surface area contributed by atoms with E-state index >= 15 is 0 Å². The van der Waals surface area contributed by atoms with Crippen LogP contribution in [-0.2, 0) is 6.54 Å². The first kappa shape index (κ1) is 14.1. The summed E-state index contributed by atoms with van der Waals surface area (Å²) in [6.07, 6.45) is 1.37. The number of rotatable bonds is 4. The number of nitrogens with one attached hydrogen (secondary N) is 1. The van der Waals surface area contributed by atoms with Crippen LogP contribution < -0.4 is 10.1 Å². The summed E-state index contributed by atoms with van der Waals surface area (Å²) in [6, 6.07) is 14.4. The monoisotopic (exact) mass is 293 g/mol. The van der Waals surface area contributed by atoms with Gasteiger partial charge in [0.15, 0.2) is 5.78 Å². The quantitative estimate of drug-likeness (QED) is 0.941. The lowest BCUT2D eigenvalue weighted by Gasteiger charge is -2.16. The minimum absolute atomic E-state index is 0.146. The van der Waals surface area contributed by atoms with E-state index in [1.54, 1.807) is 31.4 Å². The molecule has 0 bridgehead atoms. The summed E-state index contributed by atoms with van der Waals surface area (Å²) in [7, 11) is 1.61. The van der Waals surface area contributed by atoms with Crippen molar-refractivity contribution in [2.24, 2.45) is 0 Å². The summed E-state index contributed by atoms with van der Waals surface area (Å²) in [5.74, 6) is 0.483. The molecule has 0 amide bonds. The fraction of sp³-hybridized carbons (Fsp3) is 0.111. The molecule has 4 nitrogen and oxygen atoms in total. The van der Waals surface area contributed by atoms with Gasteiger partial charge in [-0.25, -0.2) is 0 Å². The van der Waals surface area contributed by atoms with Gasteiger partial charge >= 0.3 is 0 Å². The van der Waals surface area contributed by atoms with Crippen molar-refractivity contribution in [3.05, 3.63) is 77.0 Å². The standard InChI is InChI=1S/C18H15NO3/c1-22-13-8-6-12(7-9-13)11-19-16-10-17(20)14-4-2-3-5-15(14)18(16)21/h2-10,19H,11H2,1H3. The largest absolute Gasteiger partial charge is 0.497 e. The number of benzene rings is 2. The summed E-state index contributed by atoms with van der Waals surface area (Å²) < 4.78 is 5.10. The zero-order valence-electron chi connectivity index (χ0n) is 12.1. The van der Waals surface area contributed by atoms with Crippen molar-refractivity contribution in [1.82, 2.24) is 5.32 Å². The lowest BCUT2D eigenvalue weighted by Crippen LogP contribution is -2.26. The molecule has 1 aliphatic rings. The Morgan fingerprint density at radius 1 is 0.955 bits per heavy atom. The van der Waals surface area contributed by atoms with Crippen LogP contribution in [0, 0.1) is 0 Å². The first-order valence-corrected chi connectivity index (χ1v) is 6.95. The van der Waals surface area contributed by atoms with Crippen molar-refractivity contribution >= 4 is 11.6 Å². The Balaban J connectivity index is 1.76. The van der Waals surface area contributed by atoms with Crippen LogP contribution in [-0.4, -0.2) is 18.7 Å². The number of Topliss-reactive ketones (excluding diaryl/α,β-unsaturated/α-hetero) is 1. The molecule has 0 saturated carbocycles. The molecule has 0 aromatic heterocycles. The first-order chi connectivity index (χ1) is 10.7. The molecule has 0 spiro atoms. The molecule has 22 heavy (non-hydrogen) atoms. The number of hydrogen-bond acceptors (Lipinski definition) is 4. The fourth-order valence-electron chi connectivity index (χ4n) is 2.39. The molecule has 0 heterocycles. The maximum absolute atomic E-state index is 12.4. The molecule has 1 aliphatic carbocycles. The number of allylic oxidation sites excluding steroid dienone is 2. The predicted octanol–water partition coefficient (Wildman–Crippen LogP) is 2.75. The van der Waals surface area contributed by atoms with Crippen LogP contribution in [0.1, 0.15) is 26.3 Å². The average Bonchev–Trinajstić information content (AvgIpc) is 2.57. The van der Waals surface area contributed by atoms with E-state index < -0.39 is 0 Å². The Morgan fingerprint density at radius 2 is 1.64 bits per heavy atom. The molecule has 3 rings (SSSR count). The first-order valence-electron chi connectivity index (χ1n) is 6.95. The van der Waals surface area contributed by atoms with Gasteiger partial charge in [-0.1, -0.05) is 36.4 Å². The Morgan fingerprint density at radius 3 is 2.32 bits per heavy atom. The van der Waals surface area contributed by atoms with Crippen LogP contribution in [0.15, 0.2) is 60.3 Å². The van der Waals surface area contributed by atoms with E-state index in [0.717, 1.165) is 11.3 Å². The zero-order valence-corrected chi connectivity index (χ0v) is 12.1. The zero-order chi connectivity index (χ0) is 15.5. The predicted molar refractivity (Wildman–Crippen MR) is 83.0 cm³/mol. The SMILES string of the molecule is COc1ccc(CNC2=CC(=O)c3ccccc3C2=O)cc1. The van der Waals surface area contributed by atoms with Crippen molar-refractivity contribution in [2.45, 2.75) is 6.54 Å². The number of ketones is 2. The molecular weight excluding hydrogens is 278 g/mol. The third-order valence-electron chi connectivity index (χ3n) is 3.60. The topological polar surface area (TPSA) is 55.4 Å². The second-order valence-electron chi connectivity index (χ2n) is 5.00. The van der Waals surface area contributed by atoms with Gasteiger partial charge in [-0.3, -0.25) is 9.59 Å². The maximum atomic E-state index is 12.4. The molecular formula is C18H15NO3. The maximum Gasteiger partial charge on any atom is 0.209 e. The van der Waals surface area contributed by atoms with Gasteiger partial charge in [-0.05, 0) is 17.7 Å². The Bertz CT molecular complexity index is 760. The van der Waals surface area contributed by atoms with E-state index in [1.807, 2.05) is 24.3 Å². The number of ether oxygens (including phenoxy) is 1. The highest BCUT2D eigenvalue weighted by Crippen LogP contribution is 2.20. The van der Waals surface area contributed by atoms with Crippen molar-refractivity contribution in [1.29, 1.82) is 0 Å². The molecule has 0 radical (unpaired) electrons. The molecule has 4 heteroatoms. The van der Waals surface area contributed by atoms with Crippen LogP contribution in [0.2, 0.25) is 0 Å². The number of carbonyl (C=O) groups is 2. The molecule has 0 fully saturated rings. The van der Waals surface area contributed by atoms with Crippen molar-refractivity contribution < 1.29 is 14.3 Å². The van der Waals surface area contributed by atoms with Gasteiger partial charge in [0.25, 0.3) is 0 Å². The molecule has 1 N–H and O–H groups in total. The molecule has 2 aromatic rings. The normalized spacial score (nSPS) is 13.4. The van der Waals surface area contributed by atoms with Crippen molar-refractivity contribution in [2.75, 3.05) is 7.11 Å². The van der Waals surface area contributed by atoms with E-state index in [2.05, 4.69) is 5.32 Å². The summed E-state index contributed by atoms with van der Waals surface area (Å²) in [4.78, 5) is 24.4. The third-order valence-corrected chi connectivity index (χ3v) is 3.60. The molecule has 110 valence electrons. The highest BCUT2D eigenvalue weighted by Gasteiger charge is 2.24. The van der Waals surface area contributed by atoms with Gasteiger partial charge in [0.1, 0.15) is 5.75 Å². The minimum atomic E-state index is -0.149. The Hall–Kier alpha value is -2.88. The van der Waals surface area contributed by atoms with Crippen LogP contribution in [0.25, 0.3) is 0 Å². The molecule has 0 atom stereocenters. The smallest absolute Gasteiger partial charge is 0.209 e. The number of carbonyl (C=O) groups excluding carboxylic acids is 2. The second-order valence-corrected chi connectivity index (χ2v) is 5.00. The molecule has 0 saturated heterocycles. The van der Waals surface area contributed by atoms with Gasteiger partial charge in [-0.2, -0.15) is 0 Å². The Labute approximate surface area is 128 Å². The average molecular weight is 293 g/mol. The Kier molecular flexibility index (Phi) is 3.74. The van der Waals surface area contributed by atoms with E-state index in [0.29, 0.717) is 23.4 Å². The van der Waals surface area contributed by atoms with Gasteiger partial charge in [-0.15, -0.1) is 0 Å². The number of fused-ring (bicyclic) bond motifs is 1. The molecule has 2 aromatic carbocycles. The van der Waals surface area contributed by atoms with Gasteiger partial charge in [0, 0.05) is 23.7 Å². The van der Waals surface area contributed by atoms with Crippen molar-refractivity contribution in [3.63, 3.8) is 0 Å². The lowest BCUT2D eigenvalue weighted by atomic mass is 9.92. The summed E-state index contributed by atoms with van der Waals surface area (Å²) in [5.41, 5.74) is 2.25. The lowest BCUT2D eigenvalue weighted by molar-refractivity contribution is 0.0978. The molecule has 0 unspecified atom stereocenters.